The lowest BCUT2D eigenvalue weighted by molar-refractivity contribution is 0.246. The topological polar surface area (TPSA) is 23.5 Å². The number of aromatic hydroxyl groups is 1. The summed E-state index contributed by atoms with van der Waals surface area (Å²) in [5.74, 6) is 1.04. The Balaban J connectivity index is 2.35. The normalized spacial score (nSPS) is 11.6. The standard InChI is InChI=1S/C17H23NO/c1-4-18(11-13(2)3)12-16-15-8-6-5-7-14(15)9-10-17(16)19/h5-10,13,19H,4,11-12H2,1-3H3. The van der Waals surface area contributed by atoms with Gasteiger partial charge in [0.2, 0.25) is 0 Å². The third-order valence-electron chi connectivity index (χ3n) is 3.47. The zero-order valence-corrected chi connectivity index (χ0v) is 12.1. The third kappa shape index (κ3) is 3.27. The van der Waals surface area contributed by atoms with Crippen LogP contribution in [0.2, 0.25) is 0 Å². The Labute approximate surface area is 115 Å². The van der Waals surface area contributed by atoms with Crippen molar-refractivity contribution < 1.29 is 5.11 Å². The Morgan fingerprint density at radius 2 is 1.84 bits per heavy atom. The van der Waals surface area contributed by atoms with Gasteiger partial charge in [-0.3, -0.25) is 4.90 Å². The molecular formula is C17H23NO. The maximum atomic E-state index is 10.2. The van der Waals surface area contributed by atoms with Crippen LogP contribution in [0.1, 0.15) is 26.3 Å². The van der Waals surface area contributed by atoms with E-state index in [4.69, 9.17) is 0 Å². The summed E-state index contributed by atoms with van der Waals surface area (Å²) in [5.41, 5.74) is 1.04. The highest BCUT2D eigenvalue weighted by Crippen LogP contribution is 2.28. The molecule has 0 bridgehead atoms. The summed E-state index contributed by atoms with van der Waals surface area (Å²) < 4.78 is 0. The molecule has 0 atom stereocenters. The largest absolute Gasteiger partial charge is 0.508 e. The summed E-state index contributed by atoms with van der Waals surface area (Å²) in [6.45, 7) is 9.49. The monoisotopic (exact) mass is 257 g/mol. The van der Waals surface area contributed by atoms with Crippen LogP contribution in [0.15, 0.2) is 36.4 Å². The van der Waals surface area contributed by atoms with Gasteiger partial charge >= 0.3 is 0 Å². The molecule has 1 N–H and O–H groups in total. The highest BCUT2D eigenvalue weighted by Gasteiger charge is 2.12. The molecule has 2 aromatic rings. The van der Waals surface area contributed by atoms with E-state index in [9.17, 15) is 5.11 Å². The first-order valence-electron chi connectivity index (χ1n) is 7.03. The van der Waals surface area contributed by atoms with Gasteiger partial charge in [-0.05, 0) is 29.3 Å². The second-order valence-electron chi connectivity index (χ2n) is 5.51. The molecule has 2 rings (SSSR count). The fraction of sp³-hybridized carbons (Fsp3) is 0.412. The highest BCUT2D eigenvalue weighted by atomic mass is 16.3. The number of phenols is 1. The van der Waals surface area contributed by atoms with Crippen LogP contribution in [0.4, 0.5) is 0 Å². The maximum Gasteiger partial charge on any atom is 0.120 e. The smallest absolute Gasteiger partial charge is 0.120 e. The summed E-state index contributed by atoms with van der Waals surface area (Å²) in [5, 5.41) is 12.5. The van der Waals surface area contributed by atoms with Gasteiger partial charge in [0.15, 0.2) is 0 Å². The average molecular weight is 257 g/mol. The number of phenolic OH excluding ortho intramolecular Hbond substituents is 1. The maximum absolute atomic E-state index is 10.2. The molecule has 0 saturated carbocycles. The zero-order valence-electron chi connectivity index (χ0n) is 12.1. The molecule has 0 aromatic heterocycles. The van der Waals surface area contributed by atoms with Crippen molar-refractivity contribution in [2.24, 2.45) is 5.92 Å². The van der Waals surface area contributed by atoms with E-state index >= 15 is 0 Å². The summed E-state index contributed by atoms with van der Waals surface area (Å²) in [6.07, 6.45) is 0. The first kappa shape index (κ1) is 13.9. The van der Waals surface area contributed by atoms with Gasteiger partial charge in [0, 0.05) is 18.7 Å². The molecule has 2 nitrogen and oxygen atoms in total. The van der Waals surface area contributed by atoms with Crippen molar-refractivity contribution in [3.8, 4) is 5.75 Å². The van der Waals surface area contributed by atoms with Gasteiger partial charge in [0.05, 0.1) is 0 Å². The van der Waals surface area contributed by atoms with Crippen molar-refractivity contribution in [1.82, 2.24) is 4.90 Å². The minimum atomic E-state index is 0.404. The van der Waals surface area contributed by atoms with Crippen LogP contribution in [0, 0.1) is 5.92 Å². The van der Waals surface area contributed by atoms with Gasteiger partial charge in [-0.2, -0.15) is 0 Å². The second kappa shape index (κ2) is 6.07. The summed E-state index contributed by atoms with van der Waals surface area (Å²) in [4.78, 5) is 2.38. The Hall–Kier alpha value is -1.54. The van der Waals surface area contributed by atoms with Crippen molar-refractivity contribution in [2.45, 2.75) is 27.3 Å². The van der Waals surface area contributed by atoms with Crippen LogP contribution in [0.5, 0.6) is 5.75 Å². The Morgan fingerprint density at radius 3 is 2.53 bits per heavy atom. The molecule has 0 heterocycles. The molecule has 0 saturated heterocycles. The summed E-state index contributed by atoms with van der Waals surface area (Å²) >= 11 is 0. The van der Waals surface area contributed by atoms with Crippen LogP contribution >= 0.6 is 0 Å². The third-order valence-corrected chi connectivity index (χ3v) is 3.47. The van der Waals surface area contributed by atoms with Gasteiger partial charge < -0.3 is 5.11 Å². The highest BCUT2D eigenvalue weighted by molar-refractivity contribution is 5.87. The van der Waals surface area contributed by atoms with Crippen LogP contribution in [-0.4, -0.2) is 23.1 Å². The first-order valence-corrected chi connectivity index (χ1v) is 7.03. The van der Waals surface area contributed by atoms with E-state index in [2.05, 4.69) is 37.8 Å². The van der Waals surface area contributed by atoms with Crippen molar-refractivity contribution in [1.29, 1.82) is 0 Å². The van der Waals surface area contributed by atoms with Gasteiger partial charge in [0.25, 0.3) is 0 Å². The van der Waals surface area contributed by atoms with E-state index < -0.39 is 0 Å². The lowest BCUT2D eigenvalue weighted by atomic mass is 10.0. The summed E-state index contributed by atoms with van der Waals surface area (Å²) in [7, 11) is 0. The molecule has 0 aliphatic carbocycles. The van der Waals surface area contributed by atoms with Gasteiger partial charge in [0.1, 0.15) is 5.75 Å². The fourth-order valence-electron chi connectivity index (χ4n) is 2.54. The number of hydrogen-bond donors (Lipinski definition) is 1. The Morgan fingerprint density at radius 1 is 1.11 bits per heavy atom. The zero-order chi connectivity index (χ0) is 13.8. The predicted octanol–water partition coefficient (Wildman–Crippen LogP) is 4.02. The first-order chi connectivity index (χ1) is 9.11. The minimum Gasteiger partial charge on any atom is -0.508 e. The van der Waals surface area contributed by atoms with Crippen molar-refractivity contribution in [3.05, 3.63) is 42.0 Å². The number of benzene rings is 2. The van der Waals surface area contributed by atoms with Crippen LogP contribution in [0.3, 0.4) is 0 Å². The van der Waals surface area contributed by atoms with Crippen molar-refractivity contribution in [3.63, 3.8) is 0 Å². The molecule has 2 aromatic carbocycles. The average Bonchev–Trinajstić information content (AvgIpc) is 2.40. The van der Waals surface area contributed by atoms with Gasteiger partial charge in [-0.15, -0.1) is 0 Å². The fourth-order valence-corrected chi connectivity index (χ4v) is 2.54. The van der Waals surface area contributed by atoms with E-state index in [1.807, 2.05) is 18.2 Å². The van der Waals surface area contributed by atoms with Gasteiger partial charge in [-0.25, -0.2) is 0 Å². The molecule has 0 spiro atoms. The van der Waals surface area contributed by atoms with Gasteiger partial charge in [-0.1, -0.05) is 51.1 Å². The molecule has 0 radical (unpaired) electrons. The molecule has 0 fully saturated rings. The molecule has 102 valence electrons. The van der Waals surface area contributed by atoms with Crippen LogP contribution in [0.25, 0.3) is 10.8 Å². The number of nitrogens with zero attached hydrogens (tertiary/aromatic N) is 1. The SMILES string of the molecule is CCN(Cc1c(O)ccc2ccccc12)CC(C)C. The van der Waals surface area contributed by atoms with E-state index in [0.29, 0.717) is 11.7 Å². The van der Waals surface area contributed by atoms with E-state index in [-0.39, 0.29) is 0 Å². The van der Waals surface area contributed by atoms with E-state index in [0.717, 1.165) is 30.6 Å². The van der Waals surface area contributed by atoms with Crippen molar-refractivity contribution >= 4 is 10.8 Å². The molecular weight excluding hydrogens is 234 g/mol. The van der Waals surface area contributed by atoms with Crippen LogP contribution < -0.4 is 0 Å². The molecule has 0 aliphatic rings. The number of rotatable bonds is 5. The van der Waals surface area contributed by atoms with E-state index in [1.54, 1.807) is 6.07 Å². The molecule has 19 heavy (non-hydrogen) atoms. The Kier molecular flexibility index (Phi) is 4.43. The van der Waals surface area contributed by atoms with Crippen LogP contribution in [-0.2, 0) is 6.54 Å². The molecule has 0 amide bonds. The lowest BCUT2D eigenvalue weighted by Gasteiger charge is -2.23. The predicted molar refractivity (Wildman–Crippen MR) is 81.4 cm³/mol. The molecule has 0 aliphatic heterocycles. The number of hydrogen-bond acceptors (Lipinski definition) is 2. The van der Waals surface area contributed by atoms with Crippen molar-refractivity contribution in [2.75, 3.05) is 13.1 Å². The molecule has 0 unspecified atom stereocenters. The van der Waals surface area contributed by atoms with E-state index in [1.165, 1.54) is 5.39 Å². The number of fused-ring (bicyclic) bond motifs is 1. The summed E-state index contributed by atoms with van der Waals surface area (Å²) in [6, 6.07) is 12.0. The Bertz CT molecular complexity index is 548. The quantitative estimate of drug-likeness (QED) is 0.874. The second-order valence-corrected chi connectivity index (χ2v) is 5.51. The molecule has 2 heteroatoms. The lowest BCUT2D eigenvalue weighted by Crippen LogP contribution is -2.27. The minimum absolute atomic E-state index is 0.404.